The minimum atomic E-state index is -3.29. The molecular formula is C30H43FN5O4S2+. The molecule has 1 aliphatic heterocycles. The Hall–Kier alpha value is -2.70. The van der Waals surface area contributed by atoms with E-state index in [1.165, 1.54) is 24.9 Å². The van der Waals surface area contributed by atoms with Crippen molar-refractivity contribution in [2.24, 2.45) is 10.7 Å². The zero-order valence-corrected chi connectivity index (χ0v) is 26.8. The average Bonchev–Trinajstić information content (AvgIpc) is 2.97. The summed E-state index contributed by atoms with van der Waals surface area (Å²) in [6, 6.07) is 8.55. The number of unbranched alkanes of at least 4 members (excludes halogenated alkanes) is 1. The van der Waals surface area contributed by atoms with Crippen LogP contribution in [0.1, 0.15) is 77.0 Å². The molecule has 2 aliphatic rings. The monoisotopic (exact) mass is 620 g/mol. The van der Waals surface area contributed by atoms with E-state index in [1.807, 2.05) is 19.1 Å². The third-order valence-corrected chi connectivity index (χ3v) is 13.1. The molecule has 0 bridgehead atoms. The van der Waals surface area contributed by atoms with Crippen molar-refractivity contribution in [2.45, 2.75) is 87.8 Å². The summed E-state index contributed by atoms with van der Waals surface area (Å²) in [6.45, 7) is 5.61. The van der Waals surface area contributed by atoms with Crippen LogP contribution in [0.3, 0.4) is 0 Å². The van der Waals surface area contributed by atoms with Crippen molar-refractivity contribution in [1.29, 1.82) is 0 Å². The maximum absolute atomic E-state index is 15.8. The average molecular weight is 621 g/mol. The number of hydrogen-bond donors (Lipinski definition) is 2. The summed E-state index contributed by atoms with van der Waals surface area (Å²) in [7, 11) is 0.00810. The number of carbonyl (C=O) groups is 1. The molecule has 1 aliphatic carbocycles. The van der Waals surface area contributed by atoms with E-state index < -0.39 is 31.2 Å². The molecule has 4 atom stereocenters. The van der Waals surface area contributed by atoms with Gasteiger partial charge in [-0.2, -0.15) is 0 Å². The summed E-state index contributed by atoms with van der Waals surface area (Å²) in [5, 5.41) is 2.83. The van der Waals surface area contributed by atoms with Gasteiger partial charge in [-0.25, -0.2) is 22.6 Å². The fourth-order valence-corrected chi connectivity index (χ4v) is 9.24. The highest BCUT2D eigenvalue weighted by Crippen LogP contribution is 2.66. The first-order chi connectivity index (χ1) is 19.9. The number of methoxy groups -OCH3 is 1. The zero-order chi connectivity index (χ0) is 30.8. The molecule has 230 valence electrons. The standard InChI is InChI=1S/C30H43FN5O4S2/c1-6-8-9-25(42(38,39)7-2)14-15-29-16-17-30(29,35-28(32)36(4,41-29)21(3)37)26-18-22(11-13-27(26)31)33-19-23-10-12-24(40-5)20-34-23/h10-13,18,20,25,33H,6-9,14-17,19H2,1-5H3,(H2,32,35)/q+1. The van der Waals surface area contributed by atoms with Gasteiger partial charge < -0.3 is 15.8 Å². The number of aliphatic imine (C=N–C) groups is 1. The number of nitrogens with zero attached hydrogens (tertiary/aromatic N) is 3. The first-order valence-corrected chi connectivity index (χ1v) is 17.0. The van der Waals surface area contributed by atoms with Crippen LogP contribution in [0, 0.1) is 5.82 Å². The van der Waals surface area contributed by atoms with E-state index >= 15 is 4.39 Å². The Morgan fingerprint density at radius 1 is 1.24 bits per heavy atom. The quantitative estimate of drug-likeness (QED) is 0.228. The van der Waals surface area contributed by atoms with E-state index in [1.54, 1.807) is 39.4 Å². The second-order valence-corrected chi connectivity index (χ2v) is 15.6. The molecule has 12 heteroatoms. The number of nitrogens with two attached hydrogens (primary N) is 1. The lowest BCUT2D eigenvalue weighted by atomic mass is 9.60. The number of fused-ring (bicyclic) bond motifs is 1. The molecule has 1 amide bonds. The Kier molecular flexibility index (Phi) is 9.59. The van der Waals surface area contributed by atoms with Gasteiger partial charge in [-0.1, -0.05) is 26.7 Å². The van der Waals surface area contributed by atoms with Crippen molar-refractivity contribution in [2.75, 3.05) is 25.2 Å². The molecule has 1 aromatic heterocycles. The molecule has 4 rings (SSSR count). The van der Waals surface area contributed by atoms with Crippen LogP contribution in [0.5, 0.6) is 5.75 Å². The van der Waals surface area contributed by atoms with Gasteiger partial charge in [-0.05, 0) is 62.4 Å². The third-order valence-electron chi connectivity index (χ3n) is 8.92. The minimum Gasteiger partial charge on any atom is -0.495 e. The van der Waals surface area contributed by atoms with E-state index in [9.17, 15) is 13.2 Å². The number of rotatable bonds is 13. The molecule has 1 fully saturated rings. The number of anilines is 1. The lowest BCUT2D eigenvalue weighted by Crippen LogP contribution is -2.68. The Morgan fingerprint density at radius 3 is 2.57 bits per heavy atom. The summed E-state index contributed by atoms with van der Waals surface area (Å²) < 4.78 is 46.1. The molecule has 0 saturated heterocycles. The van der Waals surface area contributed by atoms with Crippen molar-refractivity contribution in [1.82, 2.24) is 4.98 Å². The molecule has 9 nitrogen and oxygen atoms in total. The third kappa shape index (κ3) is 5.90. The molecule has 3 N–H and O–H groups in total. The largest absolute Gasteiger partial charge is 0.495 e. The van der Waals surface area contributed by atoms with Crippen molar-refractivity contribution in [3.8, 4) is 5.75 Å². The molecule has 0 spiro atoms. The SMILES string of the molecule is CCCCC(CCC12CCC1(c1cc(NCc3ccc(OC)cn3)ccc1F)N=C(N)[N+](C)(C(C)=O)S2)S(=O)(=O)CC. The Morgan fingerprint density at radius 2 is 2.00 bits per heavy atom. The van der Waals surface area contributed by atoms with Gasteiger partial charge in [-0.3, -0.25) is 4.98 Å². The first-order valence-electron chi connectivity index (χ1n) is 14.5. The molecule has 0 radical (unpaired) electrons. The van der Waals surface area contributed by atoms with E-state index in [0.717, 1.165) is 18.5 Å². The summed E-state index contributed by atoms with van der Waals surface area (Å²) in [5.41, 5.74) is 7.33. The number of guanidine groups is 1. The normalized spacial score (nSPS) is 26.0. The molecule has 42 heavy (non-hydrogen) atoms. The number of aromatic nitrogens is 1. The number of quaternary nitrogens is 1. The topological polar surface area (TPSA) is 124 Å². The van der Waals surface area contributed by atoms with Gasteiger partial charge >= 0.3 is 11.9 Å². The number of benzene rings is 1. The highest BCUT2D eigenvalue weighted by molar-refractivity contribution is 7.96. The first kappa shape index (κ1) is 32.2. The van der Waals surface area contributed by atoms with Crippen LogP contribution in [0.25, 0.3) is 0 Å². The van der Waals surface area contributed by atoms with Gasteiger partial charge in [0.05, 0.1) is 56.7 Å². The van der Waals surface area contributed by atoms with Crippen molar-refractivity contribution < 1.29 is 26.2 Å². The Balaban J connectivity index is 1.71. The maximum atomic E-state index is 15.8. The van der Waals surface area contributed by atoms with Crippen LogP contribution in [0.4, 0.5) is 10.1 Å². The number of amides is 1. The number of sulfone groups is 1. The second-order valence-electron chi connectivity index (χ2n) is 11.4. The Bertz CT molecular complexity index is 1440. The minimum absolute atomic E-state index is 0.0738. The highest BCUT2D eigenvalue weighted by Gasteiger charge is 2.70. The molecule has 1 saturated carbocycles. The lowest BCUT2D eigenvalue weighted by molar-refractivity contribution is -0.594. The number of pyridine rings is 1. The predicted molar refractivity (Wildman–Crippen MR) is 166 cm³/mol. The van der Waals surface area contributed by atoms with Crippen LogP contribution >= 0.6 is 11.9 Å². The lowest BCUT2D eigenvalue weighted by Gasteiger charge is -2.59. The zero-order valence-electron chi connectivity index (χ0n) is 25.2. The summed E-state index contributed by atoms with van der Waals surface area (Å²) >= 11 is 1.38. The highest BCUT2D eigenvalue weighted by atomic mass is 32.2. The van der Waals surface area contributed by atoms with Crippen LogP contribution in [-0.4, -0.2) is 59.1 Å². The van der Waals surface area contributed by atoms with Crippen molar-refractivity contribution in [3.05, 3.63) is 53.6 Å². The number of nitrogens with one attached hydrogen (secondary N) is 1. The number of carbonyl (C=O) groups excluding carboxylic acids is 1. The van der Waals surface area contributed by atoms with Gasteiger partial charge in [0.1, 0.15) is 21.9 Å². The fraction of sp³-hybridized carbons (Fsp3) is 0.567. The Labute approximate surface area is 253 Å². The van der Waals surface area contributed by atoms with Gasteiger partial charge in [0.15, 0.2) is 9.84 Å². The smallest absolute Gasteiger partial charge is 0.329 e. The molecule has 4 unspecified atom stereocenters. The predicted octanol–water partition coefficient (Wildman–Crippen LogP) is 5.31. The number of halogens is 1. The summed E-state index contributed by atoms with van der Waals surface area (Å²) in [6.07, 6.45) is 6.02. The van der Waals surface area contributed by atoms with Crippen LogP contribution in [-0.2, 0) is 26.7 Å². The van der Waals surface area contributed by atoms with E-state index in [4.69, 9.17) is 15.5 Å². The van der Waals surface area contributed by atoms with Crippen molar-refractivity contribution >= 4 is 39.3 Å². The summed E-state index contributed by atoms with van der Waals surface area (Å²) in [4.78, 5) is 22.2. The molecule has 2 aromatic rings. The summed E-state index contributed by atoms with van der Waals surface area (Å²) in [5.74, 6) is 0.254. The molecule has 1 aromatic carbocycles. The van der Waals surface area contributed by atoms with E-state index in [-0.39, 0.29) is 21.5 Å². The number of ether oxygens (including phenoxy) is 1. The van der Waals surface area contributed by atoms with Crippen LogP contribution < -0.4 is 15.8 Å². The fourth-order valence-electron chi connectivity index (χ4n) is 6.00. The van der Waals surface area contributed by atoms with E-state index in [0.29, 0.717) is 55.6 Å². The van der Waals surface area contributed by atoms with Gasteiger partial charge in [0.2, 0.25) is 0 Å². The molecule has 2 heterocycles. The van der Waals surface area contributed by atoms with Crippen LogP contribution in [0.15, 0.2) is 41.5 Å². The van der Waals surface area contributed by atoms with Crippen LogP contribution in [0.2, 0.25) is 0 Å². The van der Waals surface area contributed by atoms with Gasteiger partial charge in [-0.15, -0.1) is 3.89 Å². The number of hydrogen-bond acceptors (Lipinski definition) is 9. The van der Waals surface area contributed by atoms with E-state index in [2.05, 4.69) is 10.3 Å². The van der Waals surface area contributed by atoms with Gasteiger partial charge in [0.25, 0.3) is 0 Å². The maximum Gasteiger partial charge on any atom is 0.329 e. The molecular weight excluding hydrogens is 577 g/mol. The second kappa shape index (κ2) is 12.5. The van der Waals surface area contributed by atoms with Gasteiger partial charge in [0, 0.05) is 17.0 Å². The van der Waals surface area contributed by atoms with Crippen molar-refractivity contribution in [3.63, 3.8) is 0 Å².